The summed E-state index contributed by atoms with van der Waals surface area (Å²) in [7, 11) is 0. The molecule has 17 heavy (non-hydrogen) atoms. The van der Waals surface area contributed by atoms with Gasteiger partial charge in [0.15, 0.2) is 0 Å². The van der Waals surface area contributed by atoms with E-state index in [1.54, 1.807) is 13.0 Å². The van der Waals surface area contributed by atoms with Crippen molar-refractivity contribution in [2.24, 2.45) is 0 Å². The van der Waals surface area contributed by atoms with Gasteiger partial charge in [0.1, 0.15) is 5.82 Å². The molecule has 1 aromatic rings. The fourth-order valence-electron chi connectivity index (χ4n) is 2.20. The van der Waals surface area contributed by atoms with Crippen LogP contribution >= 0.6 is 15.9 Å². The first kappa shape index (κ1) is 12.6. The molecule has 1 aliphatic heterocycles. The summed E-state index contributed by atoms with van der Waals surface area (Å²) in [6.45, 7) is 4.48. The van der Waals surface area contributed by atoms with Crippen LogP contribution in [0.4, 0.5) is 4.39 Å². The molecule has 0 bridgehead atoms. The van der Waals surface area contributed by atoms with Gasteiger partial charge >= 0.3 is 0 Å². The topological polar surface area (TPSA) is 20.3 Å². The Labute approximate surface area is 109 Å². The molecule has 1 aliphatic rings. The lowest BCUT2D eigenvalue weighted by Gasteiger charge is -2.22. The zero-order chi connectivity index (χ0) is 12.6. The minimum absolute atomic E-state index is 0.0826. The first-order valence-corrected chi connectivity index (χ1v) is 6.56. The maximum absolute atomic E-state index is 13.5. The van der Waals surface area contributed by atoms with E-state index in [0.29, 0.717) is 15.6 Å². The molecule has 1 saturated heterocycles. The largest absolute Gasteiger partial charge is 0.336 e. The normalized spacial score (nSPS) is 19.8. The summed E-state index contributed by atoms with van der Waals surface area (Å²) in [6.07, 6.45) is 2.05. The number of nitrogens with zero attached hydrogens (tertiary/aromatic N) is 1. The van der Waals surface area contributed by atoms with Gasteiger partial charge in [0.25, 0.3) is 5.91 Å². The van der Waals surface area contributed by atoms with Crippen molar-refractivity contribution in [2.75, 3.05) is 6.54 Å². The van der Waals surface area contributed by atoms with Gasteiger partial charge in [-0.05, 0) is 60.3 Å². The van der Waals surface area contributed by atoms with Crippen molar-refractivity contribution in [2.45, 2.75) is 32.7 Å². The van der Waals surface area contributed by atoms with Crippen LogP contribution in [0, 0.1) is 12.7 Å². The Bertz CT molecular complexity index is 461. The summed E-state index contributed by atoms with van der Waals surface area (Å²) in [6, 6.07) is 3.23. The Morgan fingerprint density at radius 1 is 1.53 bits per heavy atom. The molecular formula is C13H15BrFNO. The van der Waals surface area contributed by atoms with Crippen LogP contribution in [0.15, 0.2) is 16.6 Å². The van der Waals surface area contributed by atoms with Gasteiger partial charge in [0, 0.05) is 17.1 Å². The molecule has 2 nitrogen and oxygen atoms in total. The molecule has 0 aromatic heterocycles. The zero-order valence-electron chi connectivity index (χ0n) is 9.96. The second-order valence-corrected chi connectivity index (χ2v) is 5.43. The second kappa shape index (κ2) is 4.77. The van der Waals surface area contributed by atoms with Crippen LogP contribution in [0.3, 0.4) is 0 Å². The first-order valence-electron chi connectivity index (χ1n) is 5.77. The number of benzene rings is 1. The Kier molecular flexibility index (Phi) is 3.52. The molecule has 1 fully saturated rings. The monoisotopic (exact) mass is 299 g/mol. The molecule has 0 N–H and O–H groups in total. The zero-order valence-corrected chi connectivity index (χ0v) is 11.6. The van der Waals surface area contributed by atoms with Crippen LogP contribution in [-0.2, 0) is 0 Å². The maximum Gasteiger partial charge on any atom is 0.255 e. The van der Waals surface area contributed by atoms with Crippen molar-refractivity contribution in [3.05, 3.63) is 33.5 Å². The Hall–Kier alpha value is -0.900. The Morgan fingerprint density at radius 2 is 2.24 bits per heavy atom. The van der Waals surface area contributed by atoms with Gasteiger partial charge in [0.05, 0.1) is 5.56 Å². The van der Waals surface area contributed by atoms with Crippen LogP contribution in [0.1, 0.15) is 35.7 Å². The summed E-state index contributed by atoms with van der Waals surface area (Å²) in [5.41, 5.74) is 0.963. The summed E-state index contributed by atoms with van der Waals surface area (Å²) in [5, 5.41) is 0. The summed E-state index contributed by atoms with van der Waals surface area (Å²) in [5.74, 6) is -0.413. The number of amides is 1. The number of aryl methyl sites for hydroxylation is 1. The molecule has 1 amide bonds. The van der Waals surface area contributed by atoms with Crippen LogP contribution in [-0.4, -0.2) is 23.4 Å². The Morgan fingerprint density at radius 3 is 2.82 bits per heavy atom. The predicted molar refractivity (Wildman–Crippen MR) is 68.6 cm³/mol. The number of carbonyl (C=O) groups is 1. The van der Waals surface area contributed by atoms with E-state index in [2.05, 4.69) is 15.9 Å². The number of carbonyl (C=O) groups excluding carboxylic acids is 1. The third-order valence-corrected chi connectivity index (χ3v) is 3.95. The average molecular weight is 300 g/mol. The van der Waals surface area contributed by atoms with Crippen molar-refractivity contribution in [3.8, 4) is 0 Å². The number of rotatable bonds is 1. The minimum Gasteiger partial charge on any atom is -0.336 e. The van der Waals surface area contributed by atoms with Crippen LogP contribution in [0.2, 0.25) is 0 Å². The molecular weight excluding hydrogens is 285 g/mol. The molecule has 0 radical (unpaired) electrons. The van der Waals surface area contributed by atoms with E-state index in [9.17, 15) is 9.18 Å². The van der Waals surface area contributed by atoms with E-state index in [4.69, 9.17) is 0 Å². The van der Waals surface area contributed by atoms with Crippen molar-refractivity contribution >= 4 is 21.8 Å². The maximum atomic E-state index is 13.5. The lowest BCUT2D eigenvalue weighted by molar-refractivity contribution is 0.0746. The van der Waals surface area contributed by atoms with Gasteiger partial charge in [-0.2, -0.15) is 0 Å². The molecule has 1 heterocycles. The highest BCUT2D eigenvalue weighted by atomic mass is 79.9. The summed E-state index contributed by atoms with van der Waals surface area (Å²) in [4.78, 5) is 14.1. The molecule has 0 unspecified atom stereocenters. The van der Waals surface area contributed by atoms with Gasteiger partial charge in [-0.3, -0.25) is 4.79 Å². The number of hydrogen-bond acceptors (Lipinski definition) is 1. The van der Waals surface area contributed by atoms with E-state index in [1.165, 1.54) is 6.07 Å². The fraction of sp³-hybridized carbons (Fsp3) is 0.462. The molecule has 1 aromatic carbocycles. The molecule has 2 rings (SSSR count). The van der Waals surface area contributed by atoms with Crippen LogP contribution < -0.4 is 0 Å². The average Bonchev–Trinajstić information content (AvgIpc) is 2.69. The smallest absolute Gasteiger partial charge is 0.255 e. The minimum atomic E-state index is -0.330. The fourth-order valence-corrected chi connectivity index (χ4v) is 2.83. The van der Waals surface area contributed by atoms with Crippen LogP contribution in [0.25, 0.3) is 0 Å². The van der Waals surface area contributed by atoms with Gasteiger partial charge in [-0.15, -0.1) is 0 Å². The van der Waals surface area contributed by atoms with E-state index >= 15 is 0 Å². The van der Waals surface area contributed by atoms with Crippen molar-refractivity contribution < 1.29 is 9.18 Å². The molecule has 1 atom stereocenters. The summed E-state index contributed by atoms with van der Waals surface area (Å²) < 4.78 is 14.2. The highest BCUT2D eigenvalue weighted by Gasteiger charge is 2.27. The van der Waals surface area contributed by atoms with Gasteiger partial charge in [0.2, 0.25) is 0 Å². The summed E-state index contributed by atoms with van der Waals surface area (Å²) >= 11 is 3.33. The molecule has 0 saturated carbocycles. The third-order valence-electron chi connectivity index (χ3n) is 3.29. The predicted octanol–water partition coefficient (Wildman–Crippen LogP) is 3.52. The first-order chi connectivity index (χ1) is 8.00. The van der Waals surface area contributed by atoms with E-state index in [-0.39, 0.29) is 17.8 Å². The number of likely N-dealkylation sites (tertiary alicyclic amines) is 1. The Balaban J connectivity index is 2.34. The van der Waals surface area contributed by atoms with E-state index in [1.807, 2.05) is 11.8 Å². The number of hydrogen-bond donors (Lipinski definition) is 0. The van der Waals surface area contributed by atoms with E-state index < -0.39 is 0 Å². The third kappa shape index (κ3) is 2.37. The molecule has 92 valence electrons. The molecule has 4 heteroatoms. The highest BCUT2D eigenvalue weighted by Crippen LogP contribution is 2.26. The lowest BCUT2D eigenvalue weighted by atomic mass is 10.1. The standard InChI is InChI=1S/C13H15BrFNO/c1-8-6-11(14)10(7-12(8)15)13(17)16-5-3-4-9(16)2/h6-7,9H,3-5H2,1-2H3/t9-/m1/s1. The van der Waals surface area contributed by atoms with Gasteiger partial charge < -0.3 is 4.90 Å². The van der Waals surface area contributed by atoms with Crippen molar-refractivity contribution in [3.63, 3.8) is 0 Å². The second-order valence-electron chi connectivity index (χ2n) is 4.57. The van der Waals surface area contributed by atoms with Crippen LogP contribution in [0.5, 0.6) is 0 Å². The molecule has 0 aliphatic carbocycles. The quantitative estimate of drug-likeness (QED) is 0.777. The SMILES string of the molecule is Cc1cc(Br)c(C(=O)N2CCC[C@H]2C)cc1F. The van der Waals surface area contributed by atoms with Crippen molar-refractivity contribution in [1.82, 2.24) is 4.90 Å². The van der Waals surface area contributed by atoms with Gasteiger partial charge in [-0.25, -0.2) is 4.39 Å². The molecule has 0 spiro atoms. The lowest BCUT2D eigenvalue weighted by Crippen LogP contribution is -2.33. The number of halogens is 2. The van der Waals surface area contributed by atoms with Crippen molar-refractivity contribution in [1.29, 1.82) is 0 Å². The van der Waals surface area contributed by atoms with E-state index in [0.717, 1.165) is 19.4 Å². The highest BCUT2D eigenvalue weighted by molar-refractivity contribution is 9.10. The van der Waals surface area contributed by atoms with Gasteiger partial charge in [-0.1, -0.05) is 0 Å².